The molecule has 0 fully saturated rings. The minimum Gasteiger partial charge on any atom is -0.477 e. The molecule has 19 heavy (non-hydrogen) atoms. The Balaban J connectivity index is 2.09. The average Bonchev–Trinajstić information content (AvgIpc) is 2.39. The zero-order valence-corrected chi connectivity index (χ0v) is 11.7. The number of aromatic nitrogens is 2. The Morgan fingerprint density at radius 2 is 2.05 bits per heavy atom. The van der Waals surface area contributed by atoms with Gasteiger partial charge < -0.3 is 5.11 Å². The van der Waals surface area contributed by atoms with E-state index in [0.717, 1.165) is 4.90 Å². The predicted octanol–water partition coefficient (Wildman–Crippen LogP) is 3.43. The van der Waals surface area contributed by atoms with Crippen LogP contribution in [0.3, 0.4) is 0 Å². The minimum absolute atomic E-state index is 0.0571. The molecule has 0 bridgehead atoms. The molecule has 0 atom stereocenters. The van der Waals surface area contributed by atoms with E-state index in [0.29, 0.717) is 22.2 Å². The largest absolute Gasteiger partial charge is 0.477 e. The lowest BCUT2D eigenvalue weighted by molar-refractivity contribution is 0.0689. The summed E-state index contributed by atoms with van der Waals surface area (Å²) in [5.74, 6) is -0.0112. The number of carbonyl (C=O) groups is 1. The first kappa shape index (κ1) is 13.8. The molecule has 0 saturated heterocycles. The first-order valence-corrected chi connectivity index (χ1v) is 6.87. The van der Waals surface area contributed by atoms with E-state index in [4.69, 9.17) is 16.7 Å². The van der Waals surface area contributed by atoms with Crippen molar-refractivity contribution < 1.29 is 9.90 Å². The van der Waals surface area contributed by atoms with Gasteiger partial charge in [0.1, 0.15) is 5.82 Å². The number of hydrogen-bond donors (Lipinski definition) is 1. The summed E-state index contributed by atoms with van der Waals surface area (Å²) >= 11 is 7.33. The third kappa shape index (κ3) is 3.68. The van der Waals surface area contributed by atoms with Crippen molar-refractivity contribution in [2.45, 2.75) is 17.6 Å². The number of carboxylic acid groups (broad SMARTS) is 1. The van der Waals surface area contributed by atoms with Crippen molar-refractivity contribution in [3.05, 3.63) is 52.6 Å². The highest BCUT2D eigenvalue weighted by molar-refractivity contribution is 7.98. The monoisotopic (exact) mass is 294 g/mol. The first-order valence-electron chi connectivity index (χ1n) is 5.50. The summed E-state index contributed by atoms with van der Waals surface area (Å²) in [5, 5.41) is 9.68. The zero-order valence-electron chi connectivity index (χ0n) is 10.1. The Morgan fingerprint density at radius 1 is 1.37 bits per heavy atom. The quantitative estimate of drug-likeness (QED) is 0.875. The molecule has 0 amide bonds. The molecule has 1 N–H and O–H groups in total. The van der Waals surface area contributed by atoms with E-state index in [2.05, 4.69) is 9.97 Å². The molecule has 0 aliphatic heterocycles. The second kappa shape index (κ2) is 6.04. The smallest absolute Gasteiger partial charge is 0.354 e. The second-order valence-electron chi connectivity index (χ2n) is 3.87. The summed E-state index contributed by atoms with van der Waals surface area (Å²) in [6, 6.07) is 7.42. The van der Waals surface area contributed by atoms with Crippen LogP contribution >= 0.6 is 23.4 Å². The maximum atomic E-state index is 11.0. The molecule has 2 aromatic rings. The SMILES string of the molecule is Cc1cnc(CSc2ccc(Cl)cc2)nc1C(=O)O. The van der Waals surface area contributed by atoms with Gasteiger partial charge in [-0.25, -0.2) is 14.8 Å². The van der Waals surface area contributed by atoms with Gasteiger partial charge >= 0.3 is 5.97 Å². The number of benzene rings is 1. The Morgan fingerprint density at radius 3 is 2.68 bits per heavy atom. The van der Waals surface area contributed by atoms with Gasteiger partial charge in [0.05, 0.1) is 5.75 Å². The van der Waals surface area contributed by atoms with Crippen molar-refractivity contribution in [1.29, 1.82) is 0 Å². The Labute approximate surface area is 119 Å². The molecule has 6 heteroatoms. The van der Waals surface area contributed by atoms with Crippen molar-refractivity contribution in [3.8, 4) is 0 Å². The summed E-state index contributed by atoms with van der Waals surface area (Å²) < 4.78 is 0. The van der Waals surface area contributed by atoms with Crippen LogP contribution in [-0.2, 0) is 5.75 Å². The fourth-order valence-electron chi connectivity index (χ4n) is 1.44. The number of halogens is 1. The molecule has 0 unspecified atom stereocenters. The molecular weight excluding hydrogens is 284 g/mol. The van der Waals surface area contributed by atoms with Crippen molar-refractivity contribution in [2.75, 3.05) is 0 Å². The lowest BCUT2D eigenvalue weighted by Crippen LogP contribution is -2.07. The van der Waals surface area contributed by atoms with E-state index in [1.54, 1.807) is 6.92 Å². The number of nitrogens with zero attached hydrogens (tertiary/aromatic N) is 2. The molecule has 1 heterocycles. The second-order valence-corrected chi connectivity index (χ2v) is 5.35. The summed E-state index contributed by atoms with van der Waals surface area (Å²) in [6.07, 6.45) is 1.54. The molecule has 2 rings (SSSR count). The average molecular weight is 295 g/mol. The molecule has 1 aromatic heterocycles. The molecular formula is C13H11ClN2O2S. The molecule has 0 aliphatic rings. The van der Waals surface area contributed by atoms with Crippen LogP contribution < -0.4 is 0 Å². The van der Waals surface area contributed by atoms with Gasteiger partial charge in [-0.3, -0.25) is 0 Å². The third-order valence-electron chi connectivity index (χ3n) is 2.41. The molecule has 0 spiro atoms. The van der Waals surface area contributed by atoms with Gasteiger partial charge in [0.15, 0.2) is 5.69 Å². The normalized spacial score (nSPS) is 10.4. The van der Waals surface area contributed by atoms with Crippen molar-refractivity contribution in [3.63, 3.8) is 0 Å². The van der Waals surface area contributed by atoms with Gasteiger partial charge in [-0.05, 0) is 31.2 Å². The summed E-state index contributed by atoms with van der Waals surface area (Å²) in [7, 11) is 0. The molecule has 0 saturated carbocycles. The van der Waals surface area contributed by atoms with Gasteiger partial charge in [0, 0.05) is 21.7 Å². The number of hydrogen-bond acceptors (Lipinski definition) is 4. The van der Waals surface area contributed by atoms with E-state index < -0.39 is 5.97 Å². The molecule has 4 nitrogen and oxygen atoms in total. The highest BCUT2D eigenvalue weighted by atomic mass is 35.5. The number of aromatic carboxylic acids is 1. The fraction of sp³-hybridized carbons (Fsp3) is 0.154. The number of rotatable bonds is 4. The molecule has 0 aliphatic carbocycles. The van der Waals surface area contributed by atoms with Gasteiger partial charge in [-0.1, -0.05) is 11.6 Å². The van der Waals surface area contributed by atoms with Crippen LogP contribution in [0.1, 0.15) is 21.9 Å². The number of aryl methyl sites for hydroxylation is 1. The van der Waals surface area contributed by atoms with Crippen LogP contribution in [0, 0.1) is 6.92 Å². The molecule has 1 aromatic carbocycles. The van der Waals surface area contributed by atoms with Crippen LogP contribution in [-0.4, -0.2) is 21.0 Å². The van der Waals surface area contributed by atoms with Crippen LogP contribution in [0.15, 0.2) is 35.4 Å². The van der Waals surface area contributed by atoms with E-state index in [9.17, 15) is 4.79 Å². The highest BCUT2D eigenvalue weighted by Crippen LogP contribution is 2.23. The van der Waals surface area contributed by atoms with Crippen molar-refractivity contribution in [1.82, 2.24) is 9.97 Å². The van der Waals surface area contributed by atoms with Gasteiger partial charge in [0.25, 0.3) is 0 Å². The maximum absolute atomic E-state index is 11.0. The first-order chi connectivity index (χ1) is 9.06. The minimum atomic E-state index is -1.03. The lowest BCUT2D eigenvalue weighted by Gasteiger charge is -2.04. The summed E-state index contributed by atoms with van der Waals surface area (Å²) in [5.41, 5.74) is 0.620. The predicted molar refractivity (Wildman–Crippen MR) is 74.7 cm³/mol. The van der Waals surface area contributed by atoms with Crippen molar-refractivity contribution in [2.24, 2.45) is 0 Å². The Hall–Kier alpha value is -1.59. The topological polar surface area (TPSA) is 63.1 Å². The van der Waals surface area contributed by atoms with Crippen LogP contribution in [0.5, 0.6) is 0 Å². The Kier molecular flexibility index (Phi) is 4.39. The van der Waals surface area contributed by atoms with E-state index in [1.807, 2.05) is 24.3 Å². The van der Waals surface area contributed by atoms with Gasteiger partial charge in [-0.2, -0.15) is 0 Å². The van der Waals surface area contributed by atoms with Crippen LogP contribution in [0.4, 0.5) is 0 Å². The zero-order chi connectivity index (χ0) is 13.8. The summed E-state index contributed by atoms with van der Waals surface area (Å²) in [4.78, 5) is 20.2. The molecule has 0 radical (unpaired) electrons. The maximum Gasteiger partial charge on any atom is 0.354 e. The third-order valence-corrected chi connectivity index (χ3v) is 3.67. The van der Waals surface area contributed by atoms with Crippen LogP contribution in [0.2, 0.25) is 5.02 Å². The van der Waals surface area contributed by atoms with Gasteiger partial charge in [-0.15, -0.1) is 11.8 Å². The van der Waals surface area contributed by atoms with Gasteiger partial charge in [0.2, 0.25) is 0 Å². The summed E-state index contributed by atoms with van der Waals surface area (Å²) in [6.45, 7) is 1.68. The fourth-order valence-corrected chi connectivity index (χ4v) is 2.33. The van der Waals surface area contributed by atoms with Crippen LogP contribution in [0.25, 0.3) is 0 Å². The van der Waals surface area contributed by atoms with Crippen molar-refractivity contribution >= 4 is 29.3 Å². The standard InChI is InChI=1S/C13H11ClN2O2S/c1-8-6-15-11(16-12(8)13(17)18)7-19-10-4-2-9(14)3-5-10/h2-6H,7H2,1H3,(H,17,18). The molecule has 98 valence electrons. The Bertz CT molecular complexity index is 602. The van der Waals surface area contributed by atoms with E-state index in [-0.39, 0.29) is 5.69 Å². The highest BCUT2D eigenvalue weighted by Gasteiger charge is 2.10. The van der Waals surface area contributed by atoms with E-state index >= 15 is 0 Å². The number of thioether (sulfide) groups is 1. The lowest BCUT2D eigenvalue weighted by atomic mass is 10.2. The number of carboxylic acids is 1. The van der Waals surface area contributed by atoms with E-state index in [1.165, 1.54) is 18.0 Å².